The van der Waals surface area contributed by atoms with Gasteiger partial charge in [0.05, 0.1) is 6.61 Å². The normalized spacial score (nSPS) is 30.5. The Hall–Kier alpha value is -0.710. The molecule has 4 nitrogen and oxygen atoms in total. The first-order valence-corrected chi connectivity index (χ1v) is 4.36. The van der Waals surface area contributed by atoms with Gasteiger partial charge in [0.1, 0.15) is 6.10 Å². The summed E-state index contributed by atoms with van der Waals surface area (Å²) >= 11 is 0. The van der Waals surface area contributed by atoms with Crippen LogP contribution >= 0.6 is 0 Å². The fourth-order valence-corrected chi connectivity index (χ4v) is 1.29. The number of likely N-dealkylation sites (N-methyl/N-ethyl adjacent to an activating group) is 1. The van der Waals surface area contributed by atoms with E-state index < -0.39 is 6.10 Å². The van der Waals surface area contributed by atoms with E-state index in [1.807, 2.05) is 11.9 Å². The number of Topliss-reactive ketones (excluding diaryl/α,β-unsaturated/α-hetero) is 1. The van der Waals surface area contributed by atoms with Gasteiger partial charge in [0.25, 0.3) is 0 Å². The first-order valence-electron chi connectivity index (χ1n) is 4.36. The van der Waals surface area contributed by atoms with E-state index in [0.717, 1.165) is 0 Å². The molecule has 13 heavy (non-hydrogen) atoms. The van der Waals surface area contributed by atoms with Crippen LogP contribution < -0.4 is 0 Å². The van der Waals surface area contributed by atoms with Gasteiger partial charge in [-0.25, -0.2) is 0 Å². The van der Waals surface area contributed by atoms with Gasteiger partial charge in [0.2, 0.25) is 0 Å². The number of ketones is 1. The molecule has 0 spiro atoms. The average molecular weight is 185 g/mol. The third-order valence-electron chi connectivity index (χ3n) is 2.22. The van der Waals surface area contributed by atoms with Gasteiger partial charge in [-0.15, -0.1) is 0 Å². The molecule has 0 aliphatic carbocycles. The van der Waals surface area contributed by atoms with Gasteiger partial charge in [0.15, 0.2) is 5.78 Å². The summed E-state index contributed by atoms with van der Waals surface area (Å²) in [4.78, 5) is 13.3. The molecule has 4 heteroatoms. The van der Waals surface area contributed by atoms with Crippen LogP contribution in [0.25, 0.3) is 0 Å². The fourth-order valence-electron chi connectivity index (χ4n) is 1.29. The topological polar surface area (TPSA) is 60.8 Å². The molecule has 0 saturated carbocycles. The molecule has 1 atom stereocenters. The second-order valence-corrected chi connectivity index (χ2v) is 3.32. The minimum absolute atomic E-state index is 0.288. The van der Waals surface area contributed by atoms with Crippen molar-refractivity contribution in [3.63, 3.8) is 0 Å². The van der Waals surface area contributed by atoms with Gasteiger partial charge in [-0.1, -0.05) is 6.08 Å². The van der Waals surface area contributed by atoms with Gasteiger partial charge in [-0.2, -0.15) is 0 Å². The number of nitrogens with zero attached hydrogens (tertiary/aromatic N) is 1. The highest BCUT2D eigenvalue weighted by molar-refractivity contribution is 5.98. The van der Waals surface area contributed by atoms with Crippen molar-refractivity contribution in [1.82, 2.24) is 4.90 Å². The third-order valence-corrected chi connectivity index (χ3v) is 2.22. The van der Waals surface area contributed by atoms with Crippen LogP contribution in [0.1, 0.15) is 6.42 Å². The predicted octanol–water partition coefficient (Wildman–Crippen LogP) is -0.829. The van der Waals surface area contributed by atoms with E-state index in [1.54, 1.807) is 6.08 Å². The molecule has 2 N–H and O–H groups in total. The van der Waals surface area contributed by atoms with E-state index in [2.05, 4.69) is 0 Å². The van der Waals surface area contributed by atoms with Gasteiger partial charge in [0, 0.05) is 18.7 Å². The van der Waals surface area contributed by atoms with Gasteiger partial charge in [-0.3, -0.25) is 4.79 Å². The van der Waals surface area contributed by atoms with Crippen LogP contribution in [-0.4, -0.2) is 53.7 Å². The summed E-state index contributed by atoms with van der Waals surface area (Å²) < 4.78 is 0. The van der Waals surface area contributed by atoms with Gasteiger partial charge < -0.3 is 15.1 Å². The molecule has 0 amide bonds. The highest BCUT2D eigenvalue weighted by Gasteiger charge is 2.21. The molecule has 1 aliphatic heterocycles. The number of aliphatic hydroxyl groups excluding tert-OH is 2. The van der Waals surface area contributed by atoms with Crippen LogP contribution in [0.4, 0.5) is 0 Å². The molecule has 0 saturated heterocycles. The van der Waals surface area contributed by atoms with E-state index in [0.29, 0.717) is 25.1 Å². The predicted molar refractivity (Wildman–Crippen MR) is 48.3 cm³/mol. The average Bonchev–Trinajstić information content (AvgIpc) is 2.13. The molecule has 0 radical (unpaired) electrons. The molecule has 1 rings (SSSR count). The smallest absolute Gasteiger partial charge is 0.189 e. The zero-order chi connectivity index (χ0) is 9.84. The van der Waals surface area contributed by atoms with E-state index in [1.165, 1.54) is 0 Å². The third kappa shape index (κ3) is 2.62. The van der Waals surface area contributed by atoms with Crippen LogP contribution in [0.15, 0.2) is 11.6 Å². The van der Waals surface area contributed by atoms with Crippen molar-refractivity contribution in [2.75, 3.05) is 26.7 Å². The Morgan fingerprint density at radius 2 is 2.38 bits per heavy atom. The van der Waals surface area contributed by atoms with Gasteiger partial charge in [-0.05, 0) is 13.5 Å². The zero-order valence-corrected chi connectivity index (χ0v) is 7.73. The summed E-state index contributed by atoms with van der Waals surface area (Å²) in [6, 6.07) is 0. The summed E-state index contributed by atoms with van der Waals surface area (Å²) in [5.74, 6) is -0.337. The highest BCUT2D eigenvalue weighted by Crippen LogP contribution is 2.08. The molecular formula is C9H15NO3. The number of hydrogen-bond donors (Lipinski definition) is 2. The van der Waals surface area contributed by atoms with Crippen molar-refractivity contribution in [3.05, 3.63) is 11.6 Å². The number of carbonyl (C=O) groups excluding carboxylic acids is 1. The van der Waals surface area contributed by atoms with Crippen LogP contribution in [0.2, 0.25) is 0 Å². The molecule has 1 heterocycles. The standard InChI is InChI=1S/C9H15NO3/c1-10-4-2-7(6-11)9(13)8(12)3-5-10/h2,8,11-12H,3-6H2,1H3/b7-2-. The first-order chi connectivity index (χ1) is 6.15. The molecule has 74 valence electrons. The van der Waals surface area contributed by atoms with Crippen LogP contribution in [-0.2, 0) is 4.79 Å². The summed E-state index contributed by atoms with van der Waals surface area (Å²) in [6.45, 7) is 1.06. The molecule has 0 fully saturated rings. The second-order valence-electron chi connectivity index (χ2n) is 3.32. The van der Waals surface area contributed by atoms with Crippen LogP contribution in [0.3, 0.4) is 0 Å². The maximum Gasteiger partial charge on any atom is 0.189 e. The Balaban J connectivity index is 2.77. The summed E-state index contributed by atoms with van der Waals surface area (Å²) in [6.07, 6.45) is 1.15. The maximum absolute atomic E-state index is 11.3. The largest absolute Gasteiger partial charge is 0.392 e. The molecule has 1 unspecified atom stereocenters. The number of aliphatic hydroxyl groups is 2. The lowest BCUT2D eigenvalue weighted by Crippen LogP contribution is -2.32. The fraction of sp³-hybridized carbons (Fsp3) is 0.667. The monoisotopic (exact) mass is 185 g/mol. The summed E-state index contributed by atoms with van der Waals surface area (Å²) in [5, 5.41) is 18.2. The van der Waals surface area contributed by atoms with Crippen molar-refractivity contribution in [2.24, 2.45) is 0 Å². The Morgan fingerprint density at radius 1 is 1.69 bits per heavy atom. The maximum atomic E-state index is 11.3. The molecule has 0 aromatic carbocycles. The summed E-state index contributed by atoms with van der Waals surface area (Å²) in [7, 11) is 1.91. The van der Waals surface area contributed by atoms with E-state index in [4.69, 9.17) is 5.11 Å². The van der Waals surface area contributed by atoms with E-state index in [9.17, 15) is 9.90 Å². The van der Waals surface area contributed by atoms with Crippen molar-refractivity contribution in [1.29, 1.82) is 0 Å². The Kier molecular flexibility index (Phi) is 3.59. The SMILES string of the molecule is CN1C/C=C(/CO)C(=O)C(O)CC1. The number of hydrogen-bond acceptors (Lipinski definition) is 4. The lowest BCUT2D eigenvalue weighted by atomic mass is 10.0. The molecule has 0 aromatic rings. The van der Waals surface area contributed by atoms with Crippen molar-refractivity contribution in [3.8, 4) is 0 Å². The highest BCUT2D eigenvalue weighted by atomic mass is 16.3. The van der Waals surface area contributed by atoms with Crippen molar-refractivity contribution < 1.29 is 15.0 Å². The lowest BCUT2D eigenvalue weighted by Gasteiger charge is -2.20. The molecule has 1 aliphatic rings. The first kappa shape index (κ1) is 10.4. The second kappa shape index (κ2) is 4.50. The quantitative estimate of drug-likeness (QED) is 0.560. The minimum atomic E-state index is -0.957. The molecular weight excluding hydrogens is 170 g/mol. The van der Waals surface area contributed by atoms with Crippen molar-refractivity contribution >= 4 is 5.78 Å². The summed E-state index contributed by atoms with van der Waals surface area (Å²) in [5.41, 5.74) is 0.319. The van der Waals surface area contributed by atoms with Gasteiger partial charge >= 0.3 is 0 Å². The Bertz CT molecular complexity index is 225. The zero-order valence-electron chi connectivity index (χ0n) is 7.73. The molecule has 0 aromatic heterocycles. The molecule has 0 bridgehead atoms. The van der Waals surface area contributed by atoms with Crippen LogP contribution in [0, 0.1) is 0 Å². The number of carbonyl (C=O) groups is 1. The van der Waals surface area contributed by atoms with E-state index in [-0.39, 0.29) is 12.4 Å². The Morgan fingerprint density at radius 3 is 3.00 bits per heavy atom. The minimum Gasteiger partial charge on any atom is -0.392 e. The van der Waals surface area contributed by atoms with Crippen LogP contribution in [0.5, 0.6) is 0 Å². The van der Waals surface area contributed by atoms with E-state index >= 15 is 0 Å². The number of rotatable bonds is 1. The lowest BCUT2D eigenvalue weighted by molar-refractivity contribution is -0.124. The van der Waals surface area contributed by atoms with Crippen molar-refractivity contribution in [2.45, 2.75) is 12.5 Å². The Labute approximate surface area is 77.5 Å².